The lowest BCUT2D eigenvalue weighted by atomic mass is 10.5. The summed E-state index contributed by atoms with van der Waals surface area (Å²) in [5.41, 5.74) is 0. The maximum atomic E-state index is 5.75. The fraction of sp³-hybridized carbons (Fsp3) is 0.778. The van der Waals surface area contributed by atoms with Crippen molar-refractivity contribution in [2.24, 2.45) is 0 Å². The Bertz CT molecular complexity index is 291. The molecule has 6 heteroatoms. The molecule has 0 bridgehead atoms. The van der Waals surface area contributed by atoms with Gasteiger partial charge >= 0.3 is 0 Å². The summed E-state index contributed by atoms with van der Waals surface area (Å²) in [5, 5.41) is 8.01. The van der Waals surface area contributed by atoms with Gasteiger partial charge in [-0.05, 0) is 6.92 Å². The lowest BCUT2D eigenvalue weighted by Gasteiger charge is -2.08. The number of aromatic nitrogens is 3. The minimum atomic E-state index is 0.350. The molecule has 1 aromatic heterocycles. The molecule has 0 aliphatic heterocycles. The molecule has 0 aliphatic rings. The normalized spacial score (nSPS) is 10.9. The van der Waals surface area contributed by atoms with Crippen LogP contribution in [-0.4, -0.2) is 35.1 Å². The van der Waals surface area contributed by atoms with E-state index in [1.165, 1.54) is 0 Å². The minimum Gasteiger partial charge on any atom is -0.383 e. The van der Waals surface area contributed by atoms with Gasteiger partial charge in [0.2, 0.25) is 0 Å². The van der Waals surface area contributed by atoms with Gasteiger partial charge in [0.1, 0.15) is 12.4 Å². The Hall–Kier alpha value is -0.650. The van der Waals surface area contributed by atoms with Crippen molar-refractivity contribution >= 4 is 11.6 Å². The highest BCUT2D eigenvalue weighted by Crippen LogP contribution is 2.06. The van der Waals surface area contributed by atoms with E-state index in [1.54, 1.807) is 7.11 Å². The van der Waals surface area contributed by atoms with Gasteiger partial charge in [0.05, 0.1) is 12.5 Å². The van der Waals surface area contributed by atoms with Gasteiger partial charge < -0.3 is 14.0 Å². The Balaban J connectivity index is 2.70. The zero-order valence-corrected chi connectivity index (χ0v) is 9.83. The van der Waals surface area contributed by atoms with E-state index in [-0.39, 0.29) is 0 Å². The molecule has 1 heterocycles. The van der Waals surface area contributed by atoms with Crippen LogP contribution in [0, 0.1) is 0 Å². The van der Waals surface area contributed by atoms with Crippen LogP contribution >= 0.6 is 11.6 Å². The van der Waals surface area contributed by atoms with E-state index in [4.69, 9.17) is 21.1 Å². The van der Waals surface area contributed by atoms with Crippen LogP contribution in [0.25, 0.3) is 0 Å². The highest BCUT2D eigenvalue weighted by Gasteiger charge is 2.10. The Labute approximate surface area is 94.3 Å². The van der Waals surface area contributed by atoms with Crippen molar-refractivity contribution in [1.82, 2.24) is 14.8 Å². The molecule has 0 aromatic carbocycles. The molecule has 0 N–H and O–H groups in total. The summed E-state index contributed by atoms with van der Waals surface area (Å²) >= 11 is 5.75. The molecular formula is C9H16ClN3O2. The number of nitrogens with zero attached hydrogens (tertiary/aromatic N) is 3. The molecule has 1 rings (SSSR count). The SMILES string of the molecule is CCOCc1nnc(CCl)n1CCOC. The maximum absolute atomic E-state index is 5.75. The van der Waals surface area contributed by atoms with Crippen molar-refractivity contribution in [3.63, 3.8) is 0 Å². The molecule has 0 radical (unpaired) electrons. The molecule has 0 atom stereocenters. The average Bonchev–Trinajstić information content (AvgIpc) is 2.65. The molecule has 86 valence electrons. The Kier molecular flexibility index (Phi) is 5.60. The van der Waals surface area contributed by atoms with Gasteiger partial charge in [-0.2, -0.15) is 0 Å². The van der Waals surface area contributed by atoms with E-state index in [2.05, 4.69) is 10.2 Å². The van der Waals surface area contributed by atoms with Crippen LogP contribution in [-0.2, 0) is 28.5 Å². The summed E-state index contributed by atoms with van der Waals surface area (Å²) in [6, 6.07) is 0. The van der Waals surface area contributed by atoms with Crippen LogP contribution in [0.4, 0.5) is 0 Å². The first-order valence-electron chi connectivity index (χ1n) is 4.87. The van der Waals surface area contributed by atoms with Crippen molar-refractivity contribution in [2.75, 3.05) is 20.3 Å². The van der Waals surface area contributed by atoms with Gasteiger partial charge in [-0.1, -0.05) is 0 Å². The number of alkyl halides is 1. The highest BCUT2D eigenvalue weighted by atomic mass is 35.5. The predicted octanol–water partition coefficient (Wildman–Crippen LogP) is 1.20. The number of ether oxygens (including phenoxy) is 2. The molecule has 0 unspecified atom stereocenters. The van der Waals surface area contributed by atoms with Crippen molar-refractivity contribution in [2.45, 2.75) is 26.0 Å². The lowest BCUT2D eigenvalue weighted by Crippen LogP contribution is -2.12. The number of rotatable bonds is 7. The number of hydrogen-bond acceptors (Lipinski definition) is 4. The van der Waals surface area contributed by atoms with Gasteiger partial charge in [0.15, 0.2) is 5.82 Å². The first kappa shape index (κ1) is 12.4. The fourth-order valence-electron chi connectivity index (χ4n) is 1.21. The van der Waals surface area contributed by atoms with E-state index in [0.717, 1.165) is 11.6 Å². The third-order valence-corrected chi connectivity index (χ3v) is 2.22. The monoisotopic (exact) mass is 233 g/mol. The van der Waals surface area contributed by atoms with Crippen molar-refractivity contribution in [3.8, 4) is 0 Å². The van der Waals surface area contributed by atoms with E-state index >= 15 is 0 Å². The molecule has 1 aromatic rings. The van der Waals surface area contributed by atoms with Gasteiger partial charge in [-0.15, -0.1) is 21.8 Å². The lowest BCUT2D eigenvalue weighted by molar-refractivity contribution is 0.122. The van der Waals surface area contributed by atoms with Crippen LogP contribution in [0.1, 0.15) is 18.6 Å². The zero-order chi connectivity index (χ0) is 11.1. The number of halogens is 1. The second-order valence-electron chi connectivity index (χ2n) is 2.95. The molecule has 5 nitrogen and oxygen atoms in total. The summed E-state index contributed by atoms with van der Waals surface area (Å²) in [7, 11) is 1.66. The van der Waals surface area contributed by atoms with Crippen molar-refractivity contribution < 1.29 is 9.47 Å². The van der Waals surface area contributed by atoms with Crippen LogP contribution < -0.4 is 0 Å². The molecule has 0 spiro atoms. The Morgan fingerprint density at radius 3 is 2.67 bits per heavy atom. The largest absolute Gasteiger partial charge is 0.383 e. The van der Waals surface area contributed by atoms with Gasteiger partial charge in [0.25, 0.3) is 0 Å². The summed E-state index contributed by atoms with van der Waals surface area (Å²) in [4.78, 5) is 0. The van der Waals surface area contributed by atoms with Gasteiger partial charge in [-0.25, -0.2) is 0 Å². The smallest absolute Gasteiger partial charge is 0.159 e. The Morgan fingerprint density at radius 1 is 1.33 bits per heavy atom. The summed E-state index contributed by atoms with van der Waals surface area (Å²) in [6.45, 7) is 4.38. The maximum Gasteiger partial charge on any atom is 0.159 e. The zero-order valence-electron chi connectivity index (χ0n) is 9.07. The Morgan fingerprint density at radius 2 is 2.07 bits per heavy atom. The van der Waals surface area contributed by atoms with Gasteiger partial charge in [-0.3, -0.25) is 0 Å². The summed E-state index contributed by atoms with van der Waals surface area (Å²) in [5.74, 6) is 1.90. The van der Waals surface area contributed by atoms with Crippen LogP contribution in [0.3, 0.4) is 0 Å². The molecule has 0 amide bonds. The molecular weight excluding hydrogens is 218 g/mol. The molecule has 0 saturated carbocycles. The second kappa shape index (κ2) is 6.76. The van der Waals surface area contributed by atoms with Crippen molar-refractivity contribution in [3.05, 3.63) is 11.6 Å². The fourth-order valence-corrected chi connectivity index (χ4v) is 1.41. The van der Waals surface area contributed by atoms with E-state index in [9.17, 15) is 0 Å². The summed E-state index contributed by atoms with van der Waals surface area (Å²) in [6.07, 6.45) is 0. The third-order valence-electron chi connectivity index (χ3n) is 1.98. The first-order chi connectivity index (χ1) is 7.33. The molecule has 15 heavy (non-hydrogen) atoms. The van der Waals surface area contributed by atoms with E-state index in [1.807, 2.05) is 11.5 Å². The number of hydrogen-bond donors (Lipinski definition) is 0. The predicted molar refractivity (Wildman–Crippen MR) is 56.8 cm³/mol. The van der Waals surface area contributed by atoms with E-state index < -0.39 is 0 Å². The van der Waals surface area contributed by atoms with Crippen LogP contribution in [0.5, 0.6) is 0 Å². The minimum absolute atomic E-state index is 0.350. The second-order valence-corrected chi connectivity index (χ2v) is 3.21. The quantitative estimate of drug-likeness (QED) is 0.664. The molecule has 0 saturated heterocycles. The molecule has 0 fully saturated rings. The molecule has 0 aliphatic carbocycles. The van der Waals surface area contributed by atoms with Crippen LogP contribution in [0.2, 0.25) is 0 Å². The third kappa shape index (κ3) is 3.44. The summed E-state index contributed by atoms with van der Waals surface area (Å²) < 4.78 is 12.2. The standard InChI is InChI=1S/C9H16ClN3O2/c1-3-15-7-9-12-11-8(6-10)13(9)4-5-14-2/h3-7H2,1-2H3. The highest BCUT2D eigenvalue weighted by molar-refractivity contribution is 6.16. The van der Waals surface area contributed by atoms with Gasteiger partial charge in [0, 0.05) is 20.3 Å². The van der Waals surface area contributed by atoms with Crippen LogP contribution in [0.15, 0.2) is 0 Å². The first-order valence-corrected chi connectivity index (χ1v) is 5.40. The van der Waals surface area contributed by atoms with Crippen molar-refractivity contribution in [1.29, 1.82) is 0 Å². The number of methoxy groups -OCH3 is 1. The topological polar surface area (TPSA) is 49.2 Å². The average molecular weight is 234 g/mol. The van der Waals surface area contributed by atoms with E-state index in [0.29, 0.717) is 32.2 Å².